The van der Waals surface area contributed by atoms with Crippen LogP contribution in [0.25, 0.3) is 0 Å². The second-order valence-electron chi connectivity index (χ2n) is 4.87. The number of hydrogen-bond donors (Lipinski definition) is 4. The number of halogens is 3. The van der Waals surface area contributed by atoms with E-state index in [0.29, 0.717) is 25.1 Å². The van der Waals surface area contributed by atoms with Gasteiger partial charge in [0.15, 0.2) is 0 Å². The minimum Gasteiger partial charge on any atom is -0.388 e. The third kappa shape index (κ3) is 4.76. The lowest BCUT2D eigenvalue weighted by molar-refractivity contribution is -0.137. The molecule has 0 aliphatic heterocycles. The van der Waals surface area contributed by atoms with Crippen molar-refractivity contribution in [1.82, 2.24) is 10.3 Å². The molecule has 0 atom stereocenters. The maximum atomic E-state index is 12.5. The maximum Gasteiger partial charge on any atom is 0.417 e. The summed E-state index contributed by atoms with van der Waals surface area (Å²) in [6.07, 6.45) is -3.32. The predicted octanol–water partition coefficient (Wildman–Crippen LogP) is 2.07. The van der Waals surface area contributed by atoms with Gasteiger partial charge in [0.05, 0.1) is 11.2 Å². The topological polar surface area (TPSA) is 94.2 Å². The molecule has 0 saturated carbocycles. The number of rotatable bonds is 5. The number of aliphatic hydroxyl groups is 1. The molecular weight excluding hydrogens is 303 g/mol. The molecule has 0 aliphatic carbocycles. The fraction of sp³-hybridized carbons (Fsp3) is 0.538. The van der Waals surface area contributed by atoms with E-state index in [1.807, 2.05) is 10.3 Å². The molecule has 124 valence electrons. The first-order valence-electron chi connectivity index (χ1n) is 6.68. The largest absolute Gasteiger partial charge is 0.417 e. The number of amides is 2. The third-order valence-corrected chi connectivity index (χ3v) is 3.37. The number of hydrogen-bond acceptors (Lipinski definition) is 3. The third-order valence-electron chi connectivity index (χ3n) is 3.37. The van der Waals surface area contributed by atoms with Crippen LogP contribution in [-0.4, -0.2) is 28.3 Å². The molecule has 0 unspecified atom stereocenters. The number of aromatic nitrogens is 1. The van der Waals surface area contributed by atoms with Crippen LogP contribution in [0.4, 0.5) is 23.7 Å². The molecule has 1 aromatic rings. The number of carbonyl (C=O) groups is 1. The fourth-order valence-electron chi connectivity index (χ4n) is 1.65. The lowest BCUT2D eigenvalue weighted by Crippen LogP contribution is -2.44. The molecule has 1 aromatic heterocycles. The minimum absolute atomic E-state index is 0.0807. The quantitative estimate of drug-likeness (QED) is 0.669. The van der Waals surface area contributed by atoms with Gasteiger partial charge >= 0.3 is 12.2 Å². The average Bonchev–Trinajstić information content (AvgIpc) is 2.46. The number of anilines is 1. The van der Waals surface area contributed by atoms with E-state index in [2.05, 4.69) is 5.32 Å². The highest BCUT2D eigenvalue weighted by molar-refractivity contribution is 5.89. The Morgan fingerprint density at radius 1 is 1.32 bits per heavy atom. The van der Waals surface area contributed by atoms with Crippen LogP contribution < -0.4 is 16.2 Å². The van der Waals surface area contributed by atoms with E-state index in [0.717, 1.165) is 0 Å². The van der Waals surface area contributed by atoms with Gasteiger partial charge in [-0.1, -0.05) is 13.8 Å². The standard InChI is InChI=1S/C13H18F3N3O3/c1-3-12(22,4-2)7-18-11(21)19-9-5-8(13(14,15)16)6-17-10(9)20/h5-6,22H,3-4,7H2,1-2H3,(H,17,20)(H2,18,19,21). The zero-order chi connectivity index (χ0) is 17.0. The zero-order valence-electron chi connectivity index (χ0n) is 12.2. The molecule has 1 rings (SSSR count). The second-order valence-corrected chi connectivity index (χ2v) is 4.87. The van der Waals surface area contributed by atoms with Crippen molar-refractivity contribution in [2.24, 2.45) is 0 Å². The molecule has 22 heavy (non-hydrogen) atoms. The summed E-state index contributed by atoms with van der Waals surface area (Å²) < 4.78 is 37.6. The van der Waals surface area contributed by atoms with Gasteiger partial charge in [-0.3, -0.25) is 4.79 Å². The summed E-state index contributed by atoms with van der Waals surface area (Å²) in [5.41, 5.74) is -3.56. The van der Waals surface area contributed by atoms with Crippen molar-refractivity contribution in [3.63, 3.8) is 0 Å². The van der Waals surface area contributed by atoms with Crippen LogP contribution in [0.2, 0.25) is 0 Å². The number of urea groups is 1. The summed E-state index contributed by atoms with van der Waals surface area (Å²) in [6.45, 7) is 3.39. The van der Waals surface area contributed by atoms with E-state index >= 15 is 0 Å². The Kier molecular flexibility index (Phi) is 5.59. The van der Waals surface area contributed by atoms with Crippen LogP contribution in [0.15, 0.2) is 17.1 Å². The number of carbonyl (C=O) groups excluding carboxylic acids is 1. The van der Waals surface area contributed by atoms with E-state index in [4.69, 9.17) is 0 Å². The first-order valence-corrected chi connectivity index (χ1v) is 6.68. The van der Waals surface area contributed by atoms with E-state index < -0.39 is 34.6 Å². The van der Waals surface area contributed by atoms with Crippen LogP contribution in [0.5, 0.6) is 0 Å². The van der Waals surface area contributed by atoms with Crippen molar-refractivity contribution in [3.05, 3.63) is 28.2 Å². The van der Waals surface area contributed by atoms with Gasteiger partial charge in [-0.2, -0.15) is 13.2 Å². The first kappa shape index (κ1) is 18.0. The Labute approximate surface area is 124 Å². The monoisotopic (exact) mass is 321 g/mol. The van der Waals surface area contributed by atoms with Crippen LogP contribution in [0, 0.1) is 0 Å². The number of aromatic amines is 1. The average molecular weight is 321 g/mol. The van der Waals surface area contributed by atoms with Gasteiger partial charge in [0.1, 0.15) is 5.69 Å². The van der Waals surface area contributed by atoms with E-state index in [-0.39, 0.29) is 6.54 Å². The lowest BCUT2D eigenvalue weighted by atomic mass is 9.98. The highest BCUT2D eigenvalue weighted by Gasteiger charge is 2.31. The molecule has 0 aromatic carbocycles. The first-order chi connectivity index (χ1) is 10.1. The Morgan fingerprint density at radius 2 is 1.91 bits per heavy atom. The zero-order valence-corrected chi connectivity index (χ0v) is 12.2. The molecule has 0 bridgehead atoms. The Balaban J connectivity index is 2.79. The SMILES string of the molecule is CCC(O)(CC)CNC(=O)Nc1cc(C(F)(F)F)c[nH]c1=O. The van der Waals surface area contributed by atoms with E-state index in [1.165, 1.54) is 0 Å². The molecule has 4 N–H and O–H groups in total. The molecule has 0 fully saturated rings. The van der Waals surface area contributed by atoms with Gasteiger partial charge in [-0.25, -0.2) is 4.79 Å². The van der Waals surface area contributed by atoms with Gasteiger partial charge < -0.3 is 20.7 Å². The van der Waals surface area contributed by atoms with Gasteiger partial charge in [0.25, 0.3) is 5.56 Å². The van der Waals surface area contributed by atoms with Crippen molar-refractivity contribution in [3.8, 4) is 0 Å². The molecule has 2 amide bonds. The Morgan fingerprint density at radius 3 is 2.41 bits per heavy atom. The fourth-order valence-corrected chi connectivity index (χ4v) is 1.65. The van der Waals surface area contributed by atoms with Crippen molar-refractivity contribution >= 4 is 11.7 Å². The molecule has 0 radical (unpaired) electrons. The summed E-state index contributed by atoms with van der Waals surface area (Å²) in [7, 11) is 0. The van der Waals surface area contributed by atoms with E-state index in [1.54, 1.807) is 13.8 Å². The summed E-state index contributed by atoms with van der Waals surface area (Å²) in [5, 5.41) is 14.4. The maximum absolute atomic E-state index is 12.5. The molecule has 0 aliphatic rings. The molecule has 9 heteroatoms. The summed E-state index contributed by atoms with van der Waals surface area (Å²) in [4.78, 5) is 25.0. The predicted molar refractivity (Wildman–Crippen MR) is 74.6 cm³/mol. The highest BCUT2D eigenvalue weighted by atomic mass is 19.4. The summed E-state index contributed by atoms with van der Waals surface area (Å²) in [5.74, 6) is 0. The highest BCUT2D eigenvalue weighted by Crippen LogP contribution is 2.29. The summed E-state index contributed by atoms with van der Waals surface area (Å²) >= 11 is 0. The molecule has 0 spiro atoms. The summed E-state index contributed by atoms with van der Waals surface area (Å²) in [6, 6.07) is -0.324. The second kappa shape index (κ2) is 6.82. The molecular formula is C13H18F3N3O3. The van der Waals surface area contributed by atoms with Crippen molar-refractivity contribution < 1.29 is 23.1 Å². The smallest absolute Gasteiger partial charge is 0.388 e. The molecule has 6 nitrogen and oxygen atoms in total. The minimum atomic E-state index is -4.64. The lowest BCUT2D eigenvalue weighted by Gasteiger charge is -2.25. The van der Waals surface area contributed by atoms with Gasteiger partial charge in [-0.15, -0.1) is 0 Å². The van der Waals surface area contributed by atoms with Crippen LogP contribution in [-0.2, 0) is 6.18 Å². The van der Waals surface area contributed by atoms with Gasteiger partial charge in [0, 0.05) is 12.7 Å². The number of H-pyrrole nitrogens is 1. The van der Waals surface area contributed by atoms with Gasteiger partial charge in [-0.05, 0) is 18.9 Å². The normalized spacial score (nSPS) is 12.1. The number of pyridine rings is 1. The van der Waals surface area contributed by atoms with Crippen molar-refractivity contribution in [2.45, 2.75) is 38.5 Å². The number of nitrogens with one attached hydrogen (secondary N) is 3. The molecule has 1 heterocycles. The van der Waals surface area contributed by atoms with Crippen LogP contribution >= 0.6 is 0 Å². The Bertz CT molecular complexity index is 580. The van der Waals surface area contributed by atoms with E-state index in [9.17, 15) is 27.9 Å². The van der Waals surface area contributed by atoms with Crippen LogP contribution in [0.3, 0.4) is 0 Å². The molecule has 0 saturated heterocycles. The van der Waals surface area contributed by atoms with Crippen molar-refractivity contribution in [1.29, 1.82) is 0 Å². The Hall–Kier alpha value is -2.03. The van der Waals surface area contributed by atoms with Crippen LogP contribution in [0.1, 0.15) is 32.3 Å². The van der Waals surface area contributed by atoms with Gasteiger partial charge in [0.2, 0.25) is 0 Å². The number of alkyl halides is 3. The van der Waals surface area contributed by atoms with Crippen molar-refractivity contribution in [2.75, 3.05) is 11.9 Å².